The molecule has 0 radical (unpaired) electrons. The van der Waals surface area contributed by atoms with E-state index in [0.717, 1.165) is 16.8 Å². The van der Waals surface area contributed by atoms with Crippen LogP contribution in [0.25, 0.3) is 11.0 Å². The van der Waals surface area contributed by atoms with Crippen molar-refractivity contribution in [3.63, 3.8) is 0 Å². The number of hydrogen-bond donors (Lipinski definition) is 4. The summed E-state index contributed by atoms with van der Waals surface area (Å²) in [5, 5.41) is 6.59. The van der Waals surface area contributed by atoms with E-state index in [9.17, 15) is 9.59 Å². The van der Waals surface area contributed by atoms with Gasteiger partial charge in [0.05, 0.1) is 11.0 Å². The molecule has 124 valence electrons. The molecule has 0 fully saturated rings. The molecule has 3 rings (SSSR count). The van der Waals surface area contributed by atoms with Gasteiger partial charge in [-0.15, -0.1) is 0 Å². The number of nitrogens with one attached hydrogen (secondary N) is 4. The number of anilines is 1. The molecule has 6 nitrogen and oxygen atoms in total. The van der Waals surface area contributed by atoms with Crippen LogP contribution in [-0.2, 0) is 11.3 Å². The highest BCUT2D eigenvalue weighted by Crippen LogP contribution is 2.16. The van der Waals surface area contributed by atoms with Crippen LogP contribution in [0.4, 0.5) is 5.69 Å². The first-order valence-corrected chi connectivity index (χ1v) is 7.90. The minimum absolute atomic E-state index is 0.141. The molecular weight excluding hydrogens is 328 g/mol. The highest BCUT2D eigenvalue weighted by Gasteiger charge is 2.13. The molecule has 4 N–H and O–H groups in total. The number of aromatic nitrogens is 2. The molecule has 2 aromatic carbocycles. The van der Waals surface area contributed by atoms with Gasteiger partial charge in [0.1, 0.15) is 6.04 Å². The second-order valence-corrected chi connectivity index (χ2v) is 5.92. The lowest BCUT2D eigenvalue weighted by atomic mass is 10.2. The Bertz CT molecular complexity index is 931. The fourth-order valence-corrected chi connectivity index (χ4v) is 2.62. The number of hydrogen-bond acceptors (Lipinski definition) is 3. The van der Waals surface area contributed by atoms with Crippen LogP contribution in [0.15, 0.2) is 47.3 Å². The third-order valence-corrected chi connectivity index (χ3v) is 4.07. The molecule has 1 atom stereocenters. The van der Waals surface area contributed by atoms with Gasteiger partial charge in [0.25, 0.3) is 0 Å². The number of H-pyrrole nitrogens is 2. The first-order valence-electron chi connectivity index (χ1n) is 7.52. The average Bonchev–Trinajstić information content (AvgIpc) is 2.93. The Morgan fingerprint density at radius 3 is 2.71 bits per heavy atom. The van der Waals surface area contributed by atoms with Crippen molar-refractivity contribution in [3.8, 4) is 0 Å². The lowest BCUT2D eigenvalue weighted by molar-refractivity contribution is -0.121. The molecule has 1 amide bonds. The maximum Gasteiger partial charge on any atom is 0.323 e. The molecule has 0 spiro atoms. The lowest BCUT2D eigenvalue weighted by Crippen LogP contribution is -2.37. The maximum absolute atomic E-state index is 12.2. The first kappa shape index (κ1) is 16.1. The summed E-state index contributed by atoms with van der Waals surface area (Å²) in [5.41, 5.74) is 2.77. The fraction of sp³-hybridized carbons (Fsp3) is 0.176. The van der Waals surface area contributed by atoms with Crippen LogP contribution in [-0.4, -0.2) is 21.9 Å². The Balaban J connectivity index is 1.62. The van der Waals surface area contributed by atoms with E-state index < -0.39 is 6.04 Å². The number of aromatic amines is 2. The third-order valence-electron chi connectivity index (χ3n) is 3.70. The zero-order valence-electron chi connectivity index (χ0n) is 13.0. The van der Waals surface area contributed by atoms with Gasteiger partial charge in [-0.05, 0) is 36.8 Å². The van der Waals surface area contributed by atoms with Gasteiger partial charge in [-0.2, -0.15) is 0 Å². The molecule has 0 bridgehead atoms. The van der Waals surface area contributed by atoms with Gasteiger partial charge in [-0.25, -0.2) is 4.79 Å². The van der Waals surface area contributed by atoms with Gasteiger partial charge in [-0.3, -0.25) is 4.79 Å². The minimum atomic E-state index is -0.435. The maximum atomic E-state index is 12.2. The fourth-order valence-electron chi connectivity index (χ4n) is 2.42. The van der Waals surface area contributed by atoms with Crippen LogP contribution in [0.1, 0.15) is 12.5 Å². The molecule has 1 heterocycles. The standard InChI is InChI=1S/C17H17ClN4O2/c1-10(16(23)19-9-11-4-2-3-5-13(11)18)20-12-6-7-14-15(8-12)22-17(24)21-14/h2-8,10,20H,9H2,1H3,(H,19,23)(H2,21,22,24)/t10-/m0/s1. The van der Waals surface area contributed by atoms with E-state index in [-0.39, 0.29) is 11.6 Å². The molecule has 24 heavy (non-hydrogen) atoms. The van der Waals surface area contributed by atoms with Gasteiger partial charge >= 0.3 is 5.69 Å². The highest BCUT2D eigenvalue weighted by molar-refractivity contribution is 6.31. The second-order valence-electron chi connectivity index (χ2n) is 5.51. The molecule has 0 unspecified atom stereocenters. The van der Waals surface area contributed by atoms with E-state index in [1.54, 1.807) is 25.1 Å². The van der Waals surface area contributed by atoms with Gasteiger partial charge in [0.15, 0.2) is 0 Å². The van der Waals surface area contributed by atoms with E-state index >= 15 is 0 Å². The van der Waals surface area contributed by atoms with Crippen LogP contribution >= 0.6 is 11.6 Å². The predicted molar refractivity (Wildman–Crippen MR) is 95.3 cm³/mol. The van der Waals surface area contributed by atoms with E-state index in [1.807, 2.05) is 24.3 Å². The Morgan fingerprint density at radius 1 is 1.17 bits per heavy atom. The Kier molecular flexibility index (Phi) is 4.57. The number of halogens is 1. The molecule has 3 aromatic rings. The summed E-state index contributed by atoms with van der Waals surface area (Å²) in [5.74, 6) is -0.141. The quantitative estimate of drug-likeness (QED) is 0.573. The number of fused-ring (bicyclic) bond motifs is 1. The van der Waals surface area contributed by atoms with Crippen molar-refractivity contribution < 1.29 is 4.79 Å². The lowest BCUT2D eigenvalue weighted by Gasteiger charge is -2.15. The van der Waals surface area contributed by atoms with Gasteiger partial charge in [0, 0.05) is 17.3 Å². The van der Waals surface area contributed by atoms with Crippen molar-refractivity contribution in [1.29, 1.82) is 0 Å². The summed E-state index contributed by atoms with van der Waals surface area (Å²) in [6.45, 7) is 2.14. The smallest absolute Gasteiger partial charge is 0.323 e. The van der Waals surface area contributed by atoms with Crippen LogP contribution < -0.4 is 16.3 Å². The Labute approximate surface area is 143 Å². The molecule has 0 saturated heterocycles. The average molecular weight is 345 g/mol. The molecule has 0 aliphatic rings. The largest absolute Gasteiger partial charge is 0.374 e. The van der Waals surface area contributed by atoms with Crippen molar-refractivity contribution in [2.24, 2.45) is 0 Å². The summed E-state index contributed by atoms with van der Waals surface area (Å²) in [7, 11) is 0. The van der Waals surface area contributed by atoms with E-state index in [0.29, 0.717) is 17.1 Å². The summed E-state index contributed by atoms with van der Waals surface area (Å²) in [6, 6.07) is 12.3. The zero-order chi connectivity index (χ0) is 17.1. The molecule has 7 heteroatoms. The number of carbonyl (C=O) groups is 1. The van der Waals surface area contributed by atoms with Gasteiger partial charge < -0.3 is 20.6 Å². The van der Waals surface area contributed by atoms with Crippen molar-refractivity contribution in [3.05, 3.63) is 63.5 Å². The normalized spacial score (nSPS) is 12.1. The van der Waals surface area contributed by atoms with Crippen LogP contribution in [0.2, 0.25) is 5.02 Å². The first-order chi connectivity index (χ1) is 11.5. The number of amides is 1. The van der Waals surface area contributed by atoms with E-state index in [2.05, 4.69) is 20.6 Å². The topological polar surface area (TPSA) is 89.8 Å². The molecule has 1 aromatic heterocycles. The van der Waals surface area contributed by atoms with Gasteiger partial charge in [0.2, 0.25) is 5.91 Å². The van der Waals surface area contributed by atoms with E-state index in [4.69, 9.17) is 11.6 Å². The number of carbonyl (C=O) groups excluding carboxylic acids is 1. The SMILES string of the molecule is C[C@H](Nc1ccc2[nH]c(=O)[nH]c2c1)C(=O)NCc1ccccc1Cl. The van der Waals surface area contributed by atoms with E-state index in [1.165, 1.54) is 0 Å². The summed E-state index contributed by atoms with van der Waals surface area (Å²) in [6.07, 6.45) is 0. The summed E-state index contributed by atoms with van der Waals surface area (Å²) >= 11 is 6.08. The van der Waals surface area contributed by atoms with Crippen molar-refractivity contribution in [2.75, 3.05) is 5.32 Å². The molecule has 0 aliphatic heterocycles. The van der Waals surface area contributed by atoms with Crippen LogP contribution in [0.5, 0.6) is 0 Å². The van der Waals surface area contributed by atoms with Gasteiger partial charge in [-0.1, -0.05) is 29.8 Å². The summed E-state index contributed by atoms with van der Waals surface area (Å²) in [4.78, 5) is 28.9. The zero-order valence-corrected chi connectivity index (χ0v) is 13.8. The predicted octanol–water partition coefficient (Wildman–Crippen LogP) is 2.63. The number of benzene rings is 2. The third kappa shape index (κ3) is 3.60. The van der Waals surface area contributed by atoms with Crippen molar-refractivity contribution >= 4 is 34.2 Å². The van der Waals surface area contributed by atoms with Crippen molar-refractivity contribution in [1.82, 2.24) is 15.3 Å². The molecule has 0 saturated carbocycles. The Morgan fingerprint density at radius 2 is 1.92 bits per heavy atom. The van der Waals surface area contributed by atoms with Crippen molar-refractivity contribution in [2.45, 2.75) is 19.5 Å². The summed E-state index contributed by atoms with van der Waals surface area (Å²) < 4.78 is 0. The number of rotatable bonds is 5. The Hall–Kier alpha value is -2.73. The molecule has 0 aliphatic carbocycles. The van der Waals surface area contributed by atoms with Crippen LogP contribution in [0.3, 0.4) is 0 Å². The number of imidazole rings is 1. The minimum Gasteiger partial charge on any atom is -0.374 e. The van der Waals surface area contributed by atoms with Crippen LogP contribution in [0, 0.1) is 0 Å². The monoisotopic (exact) mass is 344 g/mol. The molecular formula is C17H17ClN4O2. The highest BCUT2D eigenvalue weighted by atomic mass is 35.5. The second kappa shape index (κ2) is 6.80.